The van der Waals surface area contributed by atoms with E-state index < -0.39 is 0 Å². The second-order valence-corrected chi connectivity index (χ2v) is 2.64. The zero-order chi connectivity index (χ0) is 9.40. The summed E-state index contributed by atoms with van der Waals surface area (Å²) in [5.74, 6) is 0. The van der Waals surface area contributed by atoms with Crippen LogP contribution in [0.3, 0.4) is 0 Å². The molecule has 0 bridgehead atoms. The van der Waals surface area contributed by atoms with Crippen molar-refractivity contribution in [2.75, 3.05) is 0 Å². The molecule has 1 unspecified atom stereocenters. The van der Waals surface area contributed by atoms with Crippen LogP contribution in [-0.2, 0) is 0 Å². The minimum absolute atomic E-state index is 0.123. The molecule has 0 saturated heterocycles. The zero-order valence-electron chi connectivity index (χ0n) is 7.46. The number of nitrogens with zero attached hydrogens (tertiary/aromatic N) is 2. The lowest BCUT2D eigenvalue weighted by atomic mass is 10.2. The smallest absolute Gasteiger partial charge is 0.145 e. The summed E-state index contributed by atoms with van der Waals surface area (Å²) in [5.41, 5.74) is 0.123. The van der Waals surface area contributed by atoms with Crippen LogP contribution in [0.2, 0.25) is 0 Å². The third-order valence-corrected chi connectivity index (χ3v) is 1.47. The van der Waals surface area contributed by atoms with E-state index in [4.69, 9.17) is 10.5 Å². The molecule has 3 nitrogen and oxygen atoms in total. The van der Waals surface area contributed by atoms with Crippen molar-refractivity contribution in [2.45, 2.75) is 32.7 Å². The summed E-state index contributed by atoms with van der Waals surface area (Å²) in [5, 5.41) is 19.8. The van der Waals surface area contributed by atoms with Crippen molar-refractivity contribution in [3.8, 4) is 12.1 Å². The van der Waals surface area contributed by atoms with Gasteiger partial charge in [-0.3, -0.25) is 0 Å². The Balaban J connectivity index is 3.89. The van der Waals surface area contributed by atoms with Gasteiger partial charge in [-0.05, 0) is 13.3 Å². The van der Waals surface area contributed by atoms with E-state index in [1.165, 1.54) is 6.20 Å². The molecule has 0 fully saturated rings. The Kier molecular flexibility index (Phi) is 5.47. The van der Waals surface area contributed by atoms with Crippen molar-refractivity contribution < 1.29 is 0 Å². The average Bonchev–Trinajstić information content (AvgIpc) is 2.07. The molecule has 0 rings (SSSR count). The van der Waals surface area contributed by atoms with E-state index in [9.17, 15) is 0 Å². The Labute approximate surface area is 73.3 Å². The molecule has 0 aliphatic carbocycles. The van der Waals surface area contributed by atoms with Crippen LogP contribution in [0.1, 0.15) is 26.7 Å². The van der Waals surface area contributed by atoms with E-state index in [-0.39, 0.29) is 5.57 Å². The summed E-state index contributed by atoms with van der Waals surface area (Å²) in [7, 11) is 0. The maximum absolute atomic E-state index is 8.39. The fourth-order valence-corrected chi connectivity index (χ4v) is 0.831. The van der Waals surface area contributed by atoms with Crippen LogP contribution < -0.4 is 5.32 Å². The van der Waals surface area contributed by atoms with Crippen LogP contribution in [0, 0.1) is 22.7 Å². The van der Waals surface area contributed by atoms with Crippen LogP contribution >= 0.6 is 0 Å². The van der Waals surface area contributed by atoms with Crippen molar-refractivity contribution in [3.63, 3.8) is 0 Å². The molecule has 0 saturated carbocycles. The number of allylic oxidation sites excluding steroid dienone is 1. The van der Waals surface area contributed by atoms with E-state index in [2.05, 4.69) is 12.2 Å². The van der Waals surface area contributed by atoms with Gasteiger partial charge in [0.1, 0.15) is 17.7 Å². The molecule has 3 heteroatoms. The fraction of sp³-hybridized carbons (Fsp3) is 0.556. The van der Waals surface area contributed by atoms with Gasteiger partial charge in [0.25, 0.3) is 0 Å². The molecule has 0 aromatic rings. The maximum atomic E-state index is 8.39. The molecule has 0 aliphatic rings. The van der Waals surface area contributed by atoms with Gasteiger partial charge in [-0.1, -0.05) is 13.3 Å². The maximum Gasteiger partial charge on any atom is 0.145 e. The normalized spacial score (nSPS) is 10.7. The third kappa shape index (κ3) is 4.35. The fourth-order valence-electron chi connectivity index (χ4n) is 0.831. The lowest BCUT2D eigenvalue weighted by Gasteiger charge is -2.08. The molecule has 0 amide bonds. The van der Waals surface area contributed by atoms with Crippen molar-refractivity contribution in [1.29, 1.82) is 10.5 Å². The van der Waals surface area contributed by atoms with Crippen molar-refractivity contribution >= 4 is 0 Å². The molecule has 1 N–H and O–H groups in total. The van der Waals surface area contributed by atoms with Crippen LogP contribution in [0.4, 0.5) is 0 Å². The summed E-state index contributed by atoms with van der Waals surface area (Å²) in [6, 6.07) is 3.90. The van der Waals surface area contributed by atoms with Gasteiger partial charge in [-0.25, -0.2) is 0 Å². The van der Waals surface area contributed by atoms with E-state index >= 15 is 0 Å². The summed E-state index contributed by atoms with van der Waals surface area (Å²) < 4.78 is 0. The van der Waals surface area contributed by atoms with Crippen LogP contribution in [0.15, 0.2) is 11.8 Å². The number of rotatable bonds is 4. The molecule has 0 heterocycles. The first-order chi connectivity index (χ1) is 5.74. The van der Waals surface area contributed by atoms with Gasteiger partial charge in [0.05, 0.1) is 0 Å². The first-order valence-electron chi connectivity index (χ1n) is 4.01. The Hall–Kier alpha value is -1.48. The second kappa shape index (κ2) is 6.24. The summed E-state index contributed by atoms with van der Waals surface area (Å²) in [6.07, 6.45) is 3.61. The van der Waals surface area contributed by atoms with Gasteiger partial charge in [0.15, 0.2) is 0 Å². The highest BCUT2D eigenvalue weighted by molar-refractivity contribution is 5.34. The Morgan fingerprint density at radius 1 is 1.50 bits per heavy atom. The lowest BCUT2D eigenvalue weighted by Crippen LogP contribution is -2.20. The highest BCUT2D eigenvalue weighted by Crippen LogP contribution is 1.95. The van der Waals surface area contributed by atoms with E-state index in [1.807, 2.05) is 6.92 Å². The molecule has 0 aromatic carbocycles. The molecule has 12 heavy (non-hydrogen) atoms. The van der Waals surface area contributed by atoms with Gasteiger partial charge in [-0.15, -0.1) is 0 Å². The predicted molar refractivity (Wildman–Crippen MR) is 46.8 cm³/mol. The molecule has 64 valence electrons. The quantitative estimate of drug-likeness (QED) is 0.641. The highest BCUT2D eigenvalue weighted by atomic mass is 14.9. The monoisotopic (exact) mass is 163 g/mol. The molecule has 0 aliphatic heterocycles. The Morgan fingerprint density at radius 3 is 2.50 bits per heavy atom. The van der Waals surface area contributed by atoms with Gasteiger partial charge in [0.2, 0.25) is 0 Å². The van der Waals surface area contributed by atoms with E-state index in [1.54, 1.807) is 12.1 Å². The van der Waals surface area contributed by atoms with Crippen molar-refractivity contribution in [3.05, 3.63) is 11.8 Å². The zero-order valence-corrected chi connectivity index (χ0v) is 7.46. The third-order valence-electron chi connectivity index (χ3n) is 1.47. The number of nitriles is 2. The minimum atomic E-state index is 0.123. The first kappa shape index (κ1) is 10.5. The van der Waals surface area contributed by atoms with Gasteiger partial charge >= 0.3 is 0 Å². The SMILES string of the molecule is CCCC(C)NC=C(C#N)C#N. The second-order valence-electron chi connectivity index (χ2n) is 2.64. The molecule has 0 spiro atoms. The predicted octanol–water partition coefficient (Wildman–Crippen LogP) is 1.70. The standard InChI is InChI=1S/C9H13N3/c1-3-4-8(2)12-7-9(5-10)6-11/h7-8,12H,3-4H2,1-2H3. The summed E-state index contributed by atoms with van der Waals surface area (Å²) in [4.78, 5) is 0. The number of hydrogen-bond donors (Lipinski definition) is 1. The molecular weight excluding hydrogens is 150 g/mol. The topological polar surface area (TPSA) is 59.6 Å². The number of nitrogens with one attached hydrogen (secondary N) is 1. The van der Waals surface area contributed by atoms with Gasteiger partial charge < -0.3 is 5.32 Å². The van der Waals surface area contributed by atoms with E-state index in [0.29, 0.717) is 6.04 Å². The molecule has 1 atom stereocenters. The van der Waals surface area contributed by atoms with E-state index in [0.717, 1.165) is 12.8 Å². The minimum Gasteiger partial charge on any atom is -0.387 e. The average molecular weight is 163 g/mol. The Bertz CT molecular complexity index is 213. The number of hydrogen-bond acceptors (Lipinski definition) is 3. The summed E-state index contributed by atoms with van der Waals surface area (Å²) >= 11 is 0. The summed E-state index contributed by atoms with van der Waals surface area (Å²) in [6.45, 7) is 4.11. The van der Waals surface area contributed by atoms with Crippen molar-refractivity contribution in [1.82, 2.24) is 5.32 Å². The largest absolute Gasteiger partial charge is 0.387 e. The van der Waals surface area contributed by atoms with Crippen molar-refractivity contribution in [2.24, 2.45) is 0 Å². The Morgan fingerprint density at radius 2 is 2.08 bits per heavy atom. The lowest BCUT2D eigenvalue weighted by molar-refractivity contribution is 0.577. The molecular formula is C9H13N3. The van der Waals surface area contributed by atoms with Gasteiger partial charge in [-0.2, -0.15) is 10.5 Å². The van der Waals surface area contributed by atoms with Gasteiger partial charge in [0, 0.05) is 12.2 Å². The first-order valence-corrected chi connectivity index (χ1v) is 4.01. The van der Waals surface area contributed by atoms with Crippen LogP contribution in [-0.4, -0.2) is 6.04 Å². The highest BCUT2D eigenvalue weighted by Gasteiger charge is 1.96. The van der Waals surface area contributed by atoms with Crippen LogP contribution in [0.5, 0.6) is 0 Å². The molecule has 0 aromatic heterocycles. The molecule has 0 radical (unpaired) electrons. The van der Waals surface area contributed by atoms with Crippen LogP contribution in [0.25, 0.3) is 0 Å².